The molecule has 20 nitrogen and oxygen atoms in total. The molecule has 6 atom stereocenters. The molecular weight excluding hydrogens is 523 g/mol. The van der Waals surface area contributed by atoms with Crippen molar-refractivity contribution in [2.75, 3.05) is 13.7 Å². The molecule has 0 spiro atoms. The molecule has 0 saturated carbocycles. The summed E-state index contributed by atoms with van der Waals surface area (Å²) in [5.41, 5.74) is 6.93. The molecule has 33 heavy (non-hydrogen) atoms. The van der Waals surface area contributed by atoms with Crippen molar-refractivity contribution in [1.29, 1.82) is 0 Å². The first-order chi connectivity index (χ1) is 15.0. The van der Waals surface area contributed by atoms with Crippen LogP contribution in [0, 0.1) is 0 Å². The summed E-state index contributed by atoms with van der Waals surface area (Å²) in [6, 6.07) is -0.744. The number of azide groups is 1. The molecule has 2 unspecified atom stereocenters. The molecule has 186 valence electrons. The number of aromatic amines is 1. The Labute approximate surface area is 181 Å². The average Bonchev–Trinajstić information content (AvgIpc) is 2.90. The maximum atomic E-state index is 12.1. The van der Waals surface area contributed by atoms with Crippen LogP contribution < -0.4 is 11.2 Å². The first-order valence-electron chi connectivity index (χ1n) is 8.10. The van der Waals surface area contributed by atoms with Gasteiger partial charge in [0.15, 0.2) is 6.23 Å². The third-order valence-electron chi connectivity index (χ3n) is 3.89. The molecule has 0 amide bonds. The monoisotopic (exact) mass is 539 g/mol. The van der Waals surface area contributed by atoms with Crippen molar-refractivity contribution in [3.8, 4) is 0 Å². The van der Waals surface area contributed by atoms with E-state index in [0.29, 0.717) is 4.57 Å². The Bertz CT molecular complexity index is 1190. The van der Waals surface area contributed by atoms with Gasteiger partial charge < -0.3 is 34.2 Å². The van der Waals surface area contributed by atoms with Gasteiger partial charge in [-0.3, -0.25) is 18.9 Å². The molecule has 0 radical (unpaired) electrons. The van der Waals surface area contributed by atoms with Gasteiger partial charge in [0, 0.05) is 24.3 Å². The largest absolute Gasteiger partial charge is 0.490 e. The normalized spacial score (nSPS) is 29.1. The number of aliphatic hydroxyl groups is 1. The second-order valence-corrected chi connectivity index (χ2v) is 10.5. The third kappa shape index (κ3) is 6.89. The van der Waals surface area contributed by atoms with E-state index >= 15 is 0 Å². The van der Waals surface area contributed by atoms with Crippen molar-refractivity contribution in [2.24, 2.45) is 5.11 Å². The molecule has 0 aromatic carbocycles. The van der Waals surface area contributed by atoms with Crippen molar-refractivity contribution in [2.45, 2.75) is 24.2 Å². The molecule has 2 rings (SSSR count). The predicted molar refractivity (Wildman–Crippen MR) is 99.9 cm³/mol. The fourth-order valence-corrected chi connectivity index (χ4v) is 5.65. The number of methoxy groups -OCH3 is 1. The lowest BCUT2D eigenvalue weighted by atomic mass is 10.1. The molecule has 1 fully saturated rings. The summed E-state index contributed by atoms with van der Waals surface area (Å²) in [4.78, 5) is 63.5. The van der Waals surface area contributed by atoms with Gasteiger partial charge in [-0.2, -0.15) is 8.62 Å². The molecule has 1 saturated heterocycles. The van der Waals surface area contributed by atoms with E-state index in [9.17, 15) is 38.2 Å². The van der Waals surface area contributed by atoms with E-state index in [-0.39, 0.29) is 0 Å². The van der Waals surface area contributed by atoms with Gasteiger partial charge in [-0.05, 0) is 5.53 Å². The number of H-pyrrole nitrogens is 1. The Balaban J connectivity index is 2.32. The quantitative estimate of drug-likeness (QED) is 0.0879. The smallest absolute Gasteiger partial charge is 0.387 e. The van der Waals surface area contributed by atoms with Gasteiger partial charge in [0.1, 0.15) is 18.8 Å². The number of aliphatic hydroxyl groups excluding tert-OH is 1. The topological polar surface area (TPSA) is 302 Å². The van der Waals surface area contributed by atoms with Crippen LogP contribution in [0.2, 0.25) is 0 Å². The Kier molecular flexibility index (Phi) is 8.23. The zero-order chi connectivity index (χ0) is 25.2. The lowest BCUT2D eigenvalue weighted by Crippen LogP contribution is -2.48. The third-order valence-corrected chi connectivity index (χ3v) is 7.67. The SMILES string of the molecule is CO[C@]1(COP(=O)(O)OP(=O)(O)OP(=O)(O)O)O[C@@H](n2ccc(=O)[nH]c2=O)[C@H](N=[N+]=[N-])[C@@H]1O. The van der Waals surface area contributed by atoms with Gasteiger partial charge in [-0.25, -0.2) is 18.5 Å². The number of phosphoric acid groups is 3. The van der Waals surface area contributed by atoms with Crippen molar-refractivity contribution < 1.29 is 61.0 Å². The lowest BCUT2D eigenvalue weighted by Gasteiger charge is -2.30. The van der Waals surface area contributed by atoms with Crippen molar-refractivity contribution in [3.63, 3.8) is 0 Å². The van der Waals surface area contributed by atoms with Gasteiger partial charge in [-0.1, -0.05) is 5.11 Å². The van der Waals surface area contributed by atoms with E-state index in [1.165, 1.54) is 0 Å². The van der Waals surface area contributed by atoms with E-state index in [1.807, 2.05) is 4.98 Å². The lowest BCUT2D eigenvalue weighted by molar-refractivity contribution is -0.267. The average molecular weight is 539 g/mol. The number of rotatable bonds is 10. The zero-order valence-electron chi connectivity index (χ0n) is 16.0. The molecule has 23 heteroatoms. The Morgan fingerprint density at radius 3 is 2.39 bits per heavy atom. The van der Waals surface area contributed by atoms with Crippen LogP contribution in [0.5, 0.6) is 0 Å². The Hall–Kier alpha value is -1.72. The van der Waals surface area contributed by atoms with E-state index in [0.717, 1.165) is 19.4 Å². The number of aromatic nitrogens is 2. The van der Waals surface area contributed by atoms with Gasteiger partial charge in [0.05, 0.1) is 0 Å². The standard InChI is InChI=1S/C10H16N5O15P3/c1-26-10(4-27-32(22,23)30-33(24,25)29-31(19,20)21)7(17)6(13-14-11)8(28-10)15-3-2-5(16)12-9(15)18/h2-3,6-8,17H,4H2,1H3,(H,22,23)(H,24,25)(H,12,16,18)(H2,19,20,21)/t6-,7+,8-,10-/m1/s1. The van der Waals surface area contributed by atoms with Crippen LogP contribution in [0.3, 0.4) is 0 Å². The fraction of sp³-hybridized carbons (Fsp3) is 0.600. The molecule has 1 aromatic heterocycles. The minimum absolute atomic E-state index is 0.690. The van der Waals surface area contributed by atoms with Gasteiger partial charge in [0.2, 0.25) is 5.79 Å². The molecule has 1 aromatic rings. The number of ether oxygens (including phenoxy) is 2. The minimum atomic E-state index is -5.83. The highest BCUT2D eigenvalue weighted by atomic mass is 31.3. The summed E-state index contributed by atoms with van der Waals surface area (Å²) >= 11 is 0. The van der Waals surface area contributed by atoms with Crippen molar-refractivity contribution in [1.82, 2.24) is 9.55 Å². The van der Waals surface area contributed by atoms with Gasteiger partial charge >= 0.3 is 29.2 Å². The molecule has 2 heterocycles. The molecule has 0 bridgehead atoms. The van der Waals surface area contributed by atoms with Crippen LogP contribution in [0.25, 0.3) is 10.4 Å². The summed E-state index contributed by atoms with van der Waals surface area (Å²) < 4.78 is 56.6. The summed E-state index contributed by atoms with van der Waals surface area (Å²) in [5, 5.41) is 13.8. The van der Waals surface area contributed by atoms with Gasteiger partial charge in [0.25, 0.3) is 5.56 Å². The number of phosphoric ester groups is 1. The zero-order valence-corrected chi connectivity index (χ0v) is 18.7. The second-order valence-electron chi connectivity index (χ2n) is 6.05. The van der Waals surface area contributed by atoms with E-state index in [2.05, 4.69) is 23.2 Å². The first kappa shape index (κ1) is 27.5. The maximum absolute atomic E-state index is 12.1. The van der Waals surface area contributed by atoms with Crippen LogP contribution in [-0.2, 0) is 36.3 Å². The number of hydrogen-bond acceptors (Lipinski definition) is 12. The van der Waals surface area contributed by atoms with Crippen LogP contribution >= 0.6 is 23.5 Å². The van der Waals surface area contributed by atoms with E-state index in [1.54, 1.807) is 0 Å². The summed E-state index contributed by atoms with van der Waals surface area (Å²) in [6.07, 6.45) is -2.73. The van der Waals surface area contributed by atoms with Crippen LogP contribution in [0.15, 0.2) is 27.0 Å². The Morgan fingerprint density at radius 1 is 1.24 bits per heavy atom. The van der Waals surface area contributed by atoms with Crippen LogP contribution in [0.1, 0.15) is 6.23 Å². The van der Waals surface area contributed by atoms with E-state index < -0.39 is 65.5 Å². The molecule has 0 aliphatic carbocycles. The number of hydrogen-bond donors (Lipinski definition) is 6. The first-order valence-corrected chi connectivity index (χ1v) is 12.6. The van der Waals surface area contributed by atoms with E-state index in [4.69, 9.17) is 24.8 Å². The second kappa shape index (κ2) is 9.87. The summed E-state index contributed by atoms with van der Waals surface area (Å²) in [6.45, 7) is -1.29. The van der Waals surface area contributed by atoms with Crippen LogP contribution in [-0.4, -0.2) is 65.9 Å². The van der Waals surface area contributed by atoms with Crippen molar-refractivity contribution in [3.05, 3.63) is 43.5 Å². The molecule has 1 aliphatic heterocycles. The maximum Gasteiger partial charge on any atom is 0.490 e. The Morgan fingerprint density at radius 2 is 1.88 bits per heavy atom. The number of nitrogens with one attached hydrogen (secondary N) is 1. The van der Waals surface area contributed by atoms with Crippen molar-refractivity contribution >= 4 is 23.5 Å². The van der Waals surface area contributed by atoms with Crippen LogP contribution in [0.4, 0.5) is 0 Å². The minimum Gasteiger partial charge on any atom is -0.387 e. The highest BCUT2D eigenvalue weighted by Gasteiger charge is 2.57. The predicted octanol–water partition coefficient (Wildman–Crippen LogP) is -1.21. The highest BCUT2D eigenvalue weighted by molar-refractivity contribution is 7.66. The van der Waals surface area contributed by atoms with Gasteiger partial charge in [-0.15, -0.1) is 0 Å². The summed E-state index contributed by atoms with van der Waals surface area (Å²) in [7, 11) is -16.2. The molecular formula is C10H16N5O15P3. The summed E-state index contributed by atoms with van der Waals surface area (Å²) in [5.74, 6) is -2.47. The molecule has 1 aliphatic rings. The fourth-order valence-electron chi connectivity index (χ4n) is 2.61. The number of nitrogens with zero attached hydrogens (tertiary/aromatic N) is 4. The molecule has 6 N–H and O–H groups in total. The highest BCUT2D eigenvalue weighted by Crippen LogP contribution is 2.66.